The number of aromatic nitrogens is 1. The summed E-state index contributed by atoms with van der Waals surface area (Å²) in [6, 6.07) is 8.30. The van der Waals surface area contributed by atoms with Crippen LogP contribution in [0, 0.1) is 13.8 Å². The van der Waals surface area contributed by atoms with Crippen molar-refractivity contribution in [3.63, 3.8) is 0 Å². The van der Waals surface area contributed by atoms with E-state index in [1.165, 1.54) is 0 Å². The average molecular weight is 301 g/mol. The number of ether oxygens (including phenoxy) is 1. The number of carboxylic acids is 1. The monoisotopic (exact) mass is 301 g/mol. The van der Waals surface area contributed by atoms with Crippen molar-refractivity contribution in [1.82, 2.24) is 4.57 Å². The third-order valence-corrected chi connectivity index (χ3v) is 3.49. The zero-order valence-corrected chi connectivity index (χ0v) is 12.7. The SMILES string of the molecule is Cc1cc(C(=O)Nc2ccc(OCC(=O)[O-])cc2)c(C)n1C. The molecule has 6 heteroatoms. The number of hydrogen-bond donors (Lipinski definition) is 1. The van der Waals surface area contributed by atoms with E-state index in [0.717, 1.165) is 11.4 Å². The van der Waals surface area contributed by atoms with Crippen LogP contribution in [0.4, 0.5) is 5.69 Å². The molecule has 1 heterocycles. The van der Waals surface area contributed by atoms with E-state index >= 15 is 0 Å². The molecule has 0 bridgehead atoms. The number of carboxylic acid groups (broad SMARTS) is 1. The lowest BCUT2D eigenvalue weighted by atomic mass is 10.2. The predicted molar refractivity (Wildman–Crippen MR) is 79.8 cm³/mol. The van der Waals surface area contributed by atoms with Crippen LogP contribution >= 0.6 is 0 Å². The Balaban J connectivity index is 2.05. The Kier molecular flexibility index (Phi) is 4.50. The van der Waals surface area contributed by atoms with Crippen molar-refractivity contribution in [2.24, 2.45) is 7.05 Å². The third kappa shape index (κ3) is 3.46. The van der Waals surface area contributed by atoms with Gasteiger partial charge in [-0.05, 0) is 44.2 Å². The molecule has 1 N–H and O–H groups in total. The second kappa shape index (κ2) is 6.34. The van der Waals surface area contributed by atoms with Crippen LogP contribution in [-0.4, -0.2) is 23.1 Å². The molecule has 0 saturated heterocycles. The summed E-state index contributed by atoms with van der Waals surface area (Å²) >= 11 is 0. The highest BCUT2D eigenvalue weighted by molar-refractivity contribution is 6.05. The normalized spacial score (nSPS) is 10.3. The van der Waals surface area contributed by atoms with E-state index in [0.29, 0.717) is 17.0 Å². The van der Waals surface area contributed by atoms with Crippen LogP contribution < -0.4 is 15.2 Å². The molecule has 0 spiro atoms. The van der Waals surface area contributed by atoms with E-state index in [9.17, 15) is 14.7 Å². The van der Waals surface area contributed by atoms with Gasteiger partial charge in [0.2, 0.25) is 0 Å². The van der Waals surface area contributed by atoms with Crippen molar-refractivity contribution in [2.75, 3.05) is 11.9 Å². The van der Waals surface area contributed by atoms with Crippen LogP contribution in [0.5, 0.6) is 5.75 Å². The van der Waals surface area contributed by atoms with Crippen molar-refractivity contribution >= 4 is 17.6 Å². The Morgan fingerprint density at radius 1 is 1.23 bits per heavy atom. The Morgan fingerprint density at radius 2 is 1.86 bits per heavy atom. The molecule has 2 rings (SSSR count). The van der Waals surface area contributed by atoms with Crippen LogP contribution in [0.1, 0.15) is 21.7 Å². The van der Waals surface area contributed by atoms with Gasteiger partial charge in [-0.2, -0.15) is 0 Å². The van der Waals surface area contributed by atoms with Gasteiger partial charge in [0.1, 0.15) is 12.4 Å². The number of rotatable bonds is 5. The Hall–Kier alpha value is -2.76. The number of carbonyl (C=O) groups is 2. The molecule has 2 aromatic rings. The summed E-state index contributed by atoms with van der Waals surface area (Å²) in [5, 5.41) is 13.1. The smallest absolute Gasteiger partial charge is 0.257 e. The third-order valence-electron chi connectivity index (χ3n) is 3.49. The lowest BCUT2D eigenvalue weighted by Crippen LogP contribution is -2.28. The zero-order chi connectivity index (χ0) is 16.3. The minimum Gasteiger partial charge on any atom is -0.546 e. The molecule has 0 aliphatic carbocycles. The van der Waals surface area contributed by atoms with Gasteiger partial charge in [0.05, 0.1) is 11.5 Å². The van der Waals surface area contributed by atoms with E-state index in [-0.39, 0.29) is 5.91 Å². The van der Waals surface area contributed by atoms with Crippen molar-refractivity contribution in [2.45, 2.75) is 13.8 Å². The number of carbonyl (C=O) groups excluding carboxylic acids is 2. The lowest BCUT2D eigenvalue weighted by Gasteiger charge is -2.09. The molecule has 1 aromatic heterocycles. The Morgan fingerprint density at radius 3 is 2.36 bits per heavy atom. The molecule has 6 nitrogen and oxygen atoms in total. The lowest BCUT2D eigenvalue weighted by molar-refractivity contribution is -0.307. The van der Waals surface area contributed by atoms with Crippen LogP contribution in [0.25, 0.3) is 0 Å². The fraction of sp³-hybridized carbons (Fsp3) is 0.250. The van der Waals surface area contributed by atoms with Crippen LogP contribution in [0.2, 0.25) is 0 Å². The standard InChI is InChI=1S/C16H18N2O4/c1-10-8-14(11(2)18(10)3)16(21)17-12-4-6-13(7-5-12)22-9-15(19)20/h4-8H,9H2,1-3H3,(H,17,21)(H,19,20)/p-1. The summed E-state index contributed by atoms with van der Waals surface area (Å²) < 4.78 is 6.92. The molecule has 1 aromatic carbocycles. The highest BCUT2D eigenvalue weighted by Gasteiger charge is 2.14. The van der Waals surface area contributed by atoms with E-state index in [1.807, 2.05) is 31.5 Å². The maximum atomic E-state index is 12.3. The molecule has 0 saturated carbocycles. The summed E-state index contributed by atoms with van der Waals surface area (Å²) in [4.78, 5) is 22.6. The number of hydrogen-bond acceptors (Lipinski definition) is 4. The summed E-state index contributed by atoms with van der Waals surface area (Å²) in [6.45, 7) is 3.32. The van der Waals surface area contributed by atoms with Gasteiger partial charge in [-0.3, -0.25) is 4.79 Å². The fourth-order valence-electron chi connectivity index (χ4n) is 2.06. The number of nitrogens with one attached hydrogen (secondary N) is 1. The number of nitrogens with zero attached hydrogens (tertiary/aromatic N) is 1. The Bertz CT molecular complexity index is 702. The van der Waals surface area contributed by atoms with E-state index in [4.69, 9.17) is 4.74 Å². The van der Waals surface area contributed by atoms with Gasteiger partial charge in [-0.15, -0.1) is 0 Å². The molecular formula is C16H17N2O4-. The first-order valence-corrected chi connectivity index (χ1v) is 6.75. The van der Waals surface area contributed by atoms with Crippen molar-refractivity contribution in [3.8, 4) is 5.75 Å². The van der Waals surface area contributed by atoms with Gasteiger partial charge < -0.3 is 24.5 Å². The minimum absolute atomic E-state index is 0.190. The molecular weight excluding hydrogens is 284 g/mol. The first-order valence-electron chi connectivity index (χ1n) is 6.75. The van der Waals surface area contributed by atoms with Crippen LogP contribution in [0.3, 0.4) is 0 Å². The maximum Gasteiger partial charge on any atom is 0.257 e. The summed E-state index contributed by atoms with van der Waals surface area (Å²) in [6.07, 6.45) is 0. The van der Waals surface area contributed by atoms with Gasteiger partial charge >= 0.3 is 0 Å². The summed E-state index contributed by atoms with van der Waals surface area (Å²) in [5.41, 5.74) is 3.13. The maximum absolute atomic E-state index is 12.3. The summed E-state index contributed by atoms with van der Waals surface area (Å²) in [7, 11) is 1.91. The second-order valence-electron chi connectivity index (χ2n) is 4.98. The molecule has 0 atom stereocenters. The van der Waals surface area contributed by atoms with Crippen molar-refractivity contribution in [3.05, 3.63) is 47.3 Å². The predicted octanol–water partition coefficient (Wildman–Crippen LogP) is 1.02. The van der Waals surface area contributed by atoms with Crippen molar-refractivity contribution < 1.29 is 19.4 Å². The number of aryl methyl sites for hydroxylation is 1. The molecule has 22 heavy (non-hydrogen) atoms. The summed E-state index contributed by atoms with van der Waals surface area (Å²) in [5.74, 6) is -1.08. The molecule has 0 unspecified atom stereocenters. The first kappa shape index (κ1) is 15.6. The molecule has 116 valence electrons. The molecule has 0 aliphatic heterocycles. The van der Waals surface area contributed by atoms with Gasteiger partial charge in [0, 0.05) is 24.1 Å². The largest absolute Gasteiger partial charge is 0.546 e. The highest BCUT2D eigenvalue weighted by atomic mass is 16.5. The molecule has 0 fully saturated rings. The minimum atomic E-state index is -1.28. The average Bonchev–Trinajstić information content (AvgIpc) is 2.74. The highest BCUT2D eigenvalue weighted by Crippen LogP contribution is 2.18. The topological polar surface area (TPSA) is 83.4 Å². The van der Waals surface area contributed by atoms with E-state index < -0.39 is 12.6 Å². The Labute approximate surface area is 128 Å². The quantitative estimate of drug-likeness (QED) is 0.894. The van der Waals surface area contributed by atoms with Crippen LogP contribution in [-0.2, 0) is 11.8 Å². The number of aliphatic carboxylic acids is 1. The van der Waals surface area contributed by atoms with E-state index in [2.05, 4.69) is 5.32 Å². The van der Waals surface area contributed by atoms with Gasteiger partial charge in [0.15, 0.2) is 0 Å². The second-order valence-corrected chi connectivity index (χ2v) is 4.98. The van der Waals surface area contributed by atoms with Gasteiger partial charge in [-0.1, -0.05) is 0 Å². The number of anilines is 1. The molecule has 1 amide bonds. The van der Waals surface area contributed by atoms with Gasteiger partial charge in [0.25, 0.3) is 5.91 Å². The number of benzene rings is 1. The molecule has 0 radical (unpaired) electrons. The zero-order valence-electron chi connectivity index (χ0n) is 12.7. The van der Waals surface area contributed by atoms with Crippen molar-refractivity contribution in [1.29, 1.82) is 0 Å². The van der Waals surface area contributed by atoms with Gasteiger partial charge in [-0.25, -0.2) is 0 Å². The first-order chi connectivity index (χ1) is 10.4. The van der Waals surface area contributed by atoms with Crippen LogP contribution in [0.15, 0.2) is 30.3 Å². The number of amides is 1. The van der Waals surface area contributed by atoms with E-state index in [1.54, 1.807) is 24.3 Å². The molecule has 0 aliphatic rings. The fourth-order valence-corrected chi connectivity index (χ4v) is 2.06.